The van der Waals surface area contributed by atoms with Crippen LogP contribution in [0.2, 0.25) is 0 Å². The lowest BCUT2D eigenvalue weighted by molar-refractivity contribution is -0.151. The quantitative estimate of drug-likeness (QED) is 0.776. The Labute approximate surface area is 121 Å². The van der Waals surface area contributed by atoms with Crippen LogP contribution in [0.25, 0.3) is 0 Å². The maximum absolute atomic E-state index is 12.1. The number of ether oxygens (including phenoxy) is 1. The van der Waals surface area contributed by atoms with Crippen LogP contribution < -0.4 is 5.73 Å². The first-order valence-electron chi connectivity index (χ1n) is 6.75. The molecule has 2 aliphatic rings. The molecule has 2 heterocycles. The number of carbonyl (C=O) groups excluding carboxylic acids is 2. The Kier molecular flexibility index (Phi) is 3.17. The number of aliphatic hydroxyl groups is 1. The molecule has 1 atom stereocenters. The minimum absolute atomic E-state index is 0.200. The summed E-state index contributed by atoms with van der Waals surface area (Å²) in [6.07, 6.45) is 0.395. The summed E-state index contributed by atoms with van der Waals surface area (Å²) < 4.78 is 5.52. The van der Waals surface area contributed by atoms with Gasteiger partial charge in [-0.15, -0.1) is 0 Å². The molecule has 1 aromatic carbocycles. The zero-order chi connectivity index (χ0) is 15.0. The molecule has 1 aromatic rings. The molecule has 1 unspecified atom stereocenters. The summed E-state index contributed by atoms with van der Waals surface area (Å²) in [6.45, 7) is 0.222. The Balaban J connectivity index is 2.08. The Hall–Kier alpha value is -2.34. The number of hydrogen-bond donors (Lipinski definition) is 2. The predicted octanol–water partition coefficient (Wildman–Crippen LogP) is 0.512. The molecule has 0 fully saturated rings. The maximum Gasteiger partial charge on any atom is 0.335 e. The summed E-state index contributed by atoms with van der Waals surface area (Å²) in [4.78, 5) is 25.0. The van der Waals surface area contributed by atoms with Crippen molar-refractivity contribution in [1.29, 1.82) is 0 Å². The molecule has 110 valence electrons. The Bertz CT molecular complexity index is 626. The minimum atomic E-state index is -1.21. The van der Waals surface area contributed by atoms with Crippen molar-refractivity contribution in [2.75, 3.05) is 19.7 Å². The van der Waals surface area contributed by atoms with Crippen LogP contribution in [0, 0.1) is 0 Å². The fraction of sp³-hybridized carbons (Fsp3) is 0.333. The molecule has 2 aliphatic heterocycles. The Morgan fingerprint density at radius 3 is 2.71 bits per heavy atom. The van der Waals surface area contributed by atoms with Gasteiger partial charge in [0.05, 0.1) is 6.61 Å². The highest BCUT2D eigenvalue weighted by Gasteiger charge is 2.50. The van der Waals surface area contributed by atoms with Gasteiger partial charge >= 0.3 is 12.0 Å². The molecule has 6 heteroatoms. The van der Waals surface area contributed by atoms with Gasteiger partial charge in [0.15, 0.2) is 5.60 Å². The number of urea groups is 1. The first kappa shape index (κ1) is 13.6. The second-order valence-corrected chi connectivity index (χ2v) is 5.21. The van der Waals surface area contributed by atoms with E-state index in [1.807, 2.05) is 18.2 Å². The summed E-state index contributed by atoms with van der Waals surface area (Å²) in [5.74, 6) is -0.424. The summed E-state index contributed by atoms with van der Waals surface area (Å²) in [5, 5.41) is 9.91. The van der Waals surface area contributed by atoms with Gasteiger partial charge in [0, 0.05) is 29.8 Å². The highest BCUT2D eigenvalue weighted by atomic mass is 16.6. The van der Waals surface area contributed by atoms with E-state index in [9.17, 15) is 14.7 Å². The van der Waals surface area contributed by atoms with Gasteiger partial charge in [-0.05, 0) is 6.42 Å². The van der Waals surface area contributed by atoms with Crippen molar-refractivity contribution in [2.45, 2.75) is 12.0 Å². The lowest BCUT2D eigenvalue weighted by atomic mass is 9.83. The number of aliphatic hydroxyl groups excluding tert-OH is 1. The van der Waals surface area contributed by atoms with Gasteiger partial charge < -0.3 is 20.5 Å². The van der Waals surface area contributed by atoms with E-state index in [1.54, 1.807) is 12.1 Å². The van der Waals surface area contributed by atoms with Crippen LogP contribution in [0.15, 0.2) is 41.5 Å². The average Bonchev–Trinajstić information content (AvgIpc) is 2.81. The number of amides is 2. The first-order chi connectivity index (χ1) is 10.1. The summed E-state index contributed by atoms with van der Waals surface area (Å²) in [7, 11) is 0. The van der Waals surface area contributed by atoms with Gasteiger partial charge in [0.25, 0.3) is 0 Å². The highest BCUT2D eigenvalue weighted by molar-refractivity contribution is 5.94. The van der Waals surface area contributed by atoms with Crippen LogP contribution in [0.5, 0.6) is 0 Å². The van der Waals surface area contributed by atoms with Crippen LogP contribution in [-0.4, -0.2) is 41.7 Å². The number of nitrogens with zero attached hydrogens (tertiary/aromatic N) is 1. The Morgan fingerprint density at radius 1 is 1.38 bits per heavy atom. The fourth-order valence-corrected chi connectivity index (χ4v) is 2.99. The van der Waals surface area contributed by atoms with Crippen LogP contribution in [0.1, 0.15) is 12.0 Å². The van der Waals surface area contributed by atoms with Gasteiger partial charge in [0.2, 0.25) is 0 Å². The van der Waals surface area contributed by atoms with Crippen molar-refractivity contribution < 1.29 is 19.4 Å². The number of primary amides is 1. The lowest BCUT2D eigenvalue weighted by Gasteiger charge is -2.34. The molecule has 0 aromatic heterocycles. The normalized spacial score (nSPS) is 24.8. The van der Waals surface area contributed by atoms with E-state index < -0.39 is 17.6 Å². The van der Waals surface area contributed by atoms with Crippen molar-refractivity contribution in [2.24, 2.45) is 5.73 Å². The van der Waals surface area contributed by atoms with Gasteiger partial charge in [0.1, 0.15) is 0 Å². The lowest BCUT2D eigenvalue weighted by Crippen LogP contribution is -2.44. The first-order valence-corrected chi connectivity index (χ1v) is 6.75. The third-order valence-corrected chi connectivity index (χ3v) is 4.12. The third kappa shape index (κ3) is 1.99. The van der Waals surface area contributed by atoms with E-state index in [4.69, 9.17) is 10.5 Å². The van der Waals surface area contributed by atoms with Crippen molar-refractivity contribution >= 4 is 12.0 Å². The second-order valence-electron chi connectivity index (χ2n) is 5.21. The fourth-order valence-electron chi connectivity index (χ4n) is 2.99. The maximum atomic E-state index is 12.1. The van der Waals surface area contributed by atoms with Crippen LogP contribution >= 0.6 is 0 Å². The number of cyclic esters (lactones) is 1. The number of nitrogens with two attached hydrogens (primary N) is 1. The van der Waals surface area contributed by atoms with E-state index in [2.05, 4.69) is 0 Å². The van der Waals surface area contributed by atoms with Crippen molar-refractivity contribution in [3.8, 4) is 0 Å². The summed E-state index contributed by atoms with van der Waals surface area (Å²) in [5.41, 5.74) is 5.99. The standard InChI is InChI=1S/C15H16N2O4/c16-14(20)17-7-6-11-12(8-17)15(9-18,21-13(11)19)10-4-2-1-3-5-10/h1-5,18H,6-9H2,(H2,16,20). The summed E-state index contributed by atoms with van der Waals surface area (Å²) >= 11 is 0. The molecule has 3 rings (SSSR count). The van der Waals surface area contributed by atoms with Crippen molar-refractivity contribution in [3.63, 3.8) is 0 Å². The number of rotatable bonds is 2. The number of carbonyl (C=O) groups is 2. The topological polar surface area (TPSA) is 92.9 Å². The minimum Gasteiger partial charge on any atom is -0.444 e. The monoisotopic (exact) mass is 288 g/mol. The molecule has 0 spiro atoms. The zero-order valence-corrected chi connectivity index (χ0v) is 11.4. The largest absolute Gasteiger partial charge is 0.444 e. The van der Waals surface area contributed by atoms with Gasteiger partial charge in [-0.25, -0.2) is 9.59 Å². The van der Waals surface area contributed by atoms with Gasteiger partial charge in [-0.3, -0.25) is 0 Å². The van der Waals surface area contributed by atoms with Crippen LogP contribution in [0.3, 0.4) is 0 Å². The molecule has 0 saturated carbocycles. The molecule has 2 amide bonds. The van der Waals surface area contributed by atoms with Gasteiger partial charge in [-0.2, -0.15) is 0 Å². The molecule has 3 N–H and O–H groups in total. The molecule has 0 saturated heterocycles. The number of hydrogen-bond acceptors (Lipinski definition) is 4. The molecular weight excluding hydrogens is 272 g/mol. The molecule has 6 nitrogen and oxygen atoms in total. The predicted molar refractivity (Wildman–Crippen MR) is 74.1 cm³/mol. The number of esters is 1. The number of benzene rings is 1. The van der Waals surface area contributed by atoms with E-state index in [1.165, 1.54) is 4.90 Å². The van der Waals surface area contributed by atoms with Crippen molar-refractivity contribution in [1.82, 2.24) is 4.90 Å². The zero-order valence-electron chi connectivity index (χ0n) is 11.4. The SMILES string of the molecule is NC(=O)N1CCC2=C(C1)C(CO)(c1ccccc1)OC2=O. The molecule has 0 aliphatic carbocycles. The van der Waals surface area contributed by atoms with E-state index in [0.29, 0.717) is 29.7 Å². The smallest absolute Gasteiger partial charge is 0.335 e. The van der Waals surface area contributed by atoms with Gasteiger partial charge in [-0.1, -0.05) is 30.3 Å². The Morgan fingerprint density at radius 2 is 2.10 bits per heavy atom. The molecule has 0 radical (unpaired) electrons. The molecule has 21 heavy (non-hydrogen) atoms. The van der Waals surface area contributed by atoms with E-state index in [-0.39, 0.29) is 13.2 Å². The average molecular weight is 288 g/mol. The molecular formula is C15H16N2O4. The van der Waals surface area contributed by atoms with Crippen LogP contribution in [0.4, 0.5) is 4.79 Å². The third-order valence-electron chi connectivity index (χ3n) is 4.12. The molecule has 0 bridgehead atoms. The van der Waals surface area contributed by atoms with Crippen molar-refractivity contribution in [3.05, 3.63) is 47.0 Å². The van der Waals surface area contributed by atoms with E-state index >= 15 is 0 Å². The summed E-state index contributed by atoms with van der Waals surface area (Å²) in [6, 6.07) is 8.52. The van der Waals surface area contributed by atoms with Crippen LogP contribution in [-0.2, 0) is 15.1 Å². The second kappa shape index (κ2) is 4.89. The highest BCUT2D eigenvalue weighted by Crippen LogP contribution is 2.44. The van der Waals surface area contributed by atoms with E-state index in [0.717, 1.165) is 0 Å².